The number of rotatable bonds is 5. The van der Waals surface area contributed by atoms with Gasteiger partial charge in [-0.15, -0.1) is 0 Å². The van der Waals surface area contributed by atoms with Crippen LogP contribution in [-0.4, -0.2) is 25.2 Å². The van der Waals surface area contributed by atoms with Crippen LogP contribution in [0.4, 0.5) is 4.39 Å². The molecule has 0 unspecified atom stereocenters. The Kier molecular flexibility index (Phi) is 5.38. The normalized spacial score (nSPS) is 11.3. The maximum atomic E-state index is 15.1. The molecule has 1 aromatic carbocycles. The summed E-state index contributed by atoms with van der Waals surface area (Å²) in [6, 6.07) is 10.7. The molecule has 0 amide bonds. The van der Waals surface area contributed by atoms with Crippen molar-refractivity contribution in [3.63, 3.8) is 0 Å². The van der Waals surface area contributed by atoms with Gasteiger partial charge in [-0.2, -0.15) is 0 Å². The predicted octanol–water partition coefficient (Wildman–Crippen LogP) is 6.04. The summed E-state index contributed by atoms with van der Waals surface area (Å²) in [6.07, 6.45) is 9.07. The Morgan fingerprint density at radius 3 is 2.71 bits per heavy atom. The average Bonchev–Trinajstić information content (AvgIpc) is 3.17. The van der Waals surface area contributed by atoms with Crippen molar-refractivity contribution in [3.8, 4) is 22.3 Å². The fourth-order valence-corrected chi connectivity index (χ4v) is 4.56. The van der Waals surface area contributed by atoms with E-state index < -0.39 is 5.82 Å². The van der Waals surface area contributed by atoms with E-state index in [1.807, 2.05) is 30.5 Å². The third-order valence-electron chi connectivity index (χ3n) is 4.96. The number of carbonyl (C=O) groups is 1. The van der Waals surface area contributed by atoms with E-state index in [0.29, 0.717) is 22.2 Å². The highest BCUT2D eigenvalue weighted by molar-refractivity contribution is 14.1. The summed E-state index contributed by atoms with van der Waals surface area (Å²) >= 11 is 2.85. The largest absolute Gasteiger partial charge is 0.298 e. The number of pyridine rings is 3. The number of halogens is 2. The molecule has 0 aliphatic rings. The number of aromatic nitrogens is 4. The Balaban J connectivity index is 1.80. The van der Waals surface area contributed by atoms with Crippen LogP contribution in [0.5, 0.6) is 0 Å². The van der Waals surface area contributed by atoms with Gasteiger partial charge in [-0.25, -0.2) is 11.9 Å². The van der Waals surface area contributed by atoms with Crippen molar-refractivity contribution in [2.75, 3.05) is 0 Å². The van der Waals surface area contributed by atoms with Crippen LogP contribution in [0.15, 0.2) is 67.4 Å². The van der Waals surface area contributed by atoms with Crippen molar-refractivity contribution in [1.29, 1.82) is 0 Å². The Labute approximate surface area is 194 Å². The zero-order chi connectivity index (χ0) is 21.4. The molecule has 0 radical (unpaired) electrons. The molecule has 5 aromatic rings. The third-order valence-corrected chi connectivity index (χ3v) is 5.94. The van der Waals surface area contributed by atoms with E-state index in [-0.39, 0.29) is 5.52 Å². The number of carbonyl (C=O) groups excluding carboxylic acids is 1. The highest BCUT2D eigenvalue weighted by atomic mass is 127. The third kappa shape index (κ3) is 3.58. The smallest absolute Gasteiger partial charge is 0.152 e. The van der Waals surface area contributed by atoms with Crippen LogP contribution in [0.3, 0.4) is 0 Å². The number of hydrogen-bond donors (Lipinski definition) is 0. The molecule has 6 nitrogen and oxygen atoms in total. The minimum atomic E-state index is -0.434. The van der Waals surface area contributed by atoms with Gasteiger partial charge in [0, 0.05) is 58.4 Å². The van der Waals surface area contributed by atoms with Crippen molar-refractivity contribution in [2.45, 2.75) is 0 Å². The van der Waals surface area contributed by atoms with Crippen LogP contribution in [0.25, 0.3) is 44.2 Å². The SMILES string of the molecule is O=Cc1cnc2c(c1)c(-c1cc(F)c3nccc(-c4cccnc4)c3c1)cn2SOI. The van der Waals surface area contributed by atoms with Crippen LogP contribution < -0.4 is 0 Å². The van der Waals surface area contributed by atoms with Crippen molar-refractivity contribution in [2.24, 2.45) is 0 Å². The lowest BCUT2D eigenvalue weighted by Gasteiger charge is -2.09. The Hall–Kier alpha value is -2.89. The van der Waals surface area contributed by atoms with E-state index in [1.54, 1.807) is 51.6 Å². The van der Waals surface area contributed by atoms with Crippen LogP contribution in [0.1, 0.15) is 10.4 Å². The lowest BCUT2D eigenvalue weighted by atomic mass is 9.97. The average molecular weight is 542 g/mol. The zero-order valence-corrected chi connectivity index (χ0v) is 18.7. The molecule has 4 heterocycles. The molecule has 31 heavy (non-hydrogen) atoms. The summed E-state index contributed by atoms with van der Waals surface area (Å²) in [5, 5.41) is 1.39. The molecule has 0 aliphatic carbocycles. The minimum Gasteiger partial charge on any atom is -0.298 e. The summed E-state index contributed by atoms with van der Waals surface area (Å²) in [4.78, 5) is 24.1. The van der Waals surface area contributed by atoms with E-state index in [9.17, 15) is 4.79 Å². The van der Waals surface area contributed by atoms with Gasteiger partial charge in [0.05, 0.1) is 0 Å². The predicted molar refractivity (Wildman–Crippen MR) is 127 cm³/mol. The maximum absolute atomic E-state index is 15.1. The fourth-order valence-electron chi connectivity index (χ4n) is 3.62. The van der Waals surface area contributed by atoms with E-state index in [4.69, 9.17) is 2.51 Å². The quantitative estimate of drug-likeness (QED) is 0.153. The molecular weight excluding hydrogens is 530 g/mol. The molecule has 0 fully saturated rings. The Bertz CT molecular complexity index is 1440. The summed E-state index contributed by atoms with van der Waals surface area (Å²) in [7, 11) is 0. The first-order valence-corrected chi connectivity index (χ1v) is 10.7. The summed E-state index contributed by atoms with van der Waals surface area (Å²) in [5.74, 6) is -0.434. The number of hydrogen-bond acceptors (Lipinski definition) is 6. The van der Waals surface area contributed by atoms with E-state index in [2.05, 4.69) is 15.0 Å². The van der Waals surface area contributed by atoms with Crippen LogP contribution in [0, 0.1) is 5.82 Å². The number of nitrogens with zero attached hydrogens (tertiary/aromatic N) is 4. The van der Waals surface area contributed by atoms with Gasteiger partial charge in [-0.1, -0.05) is 6.07 Å². The van der Waals surface area contributed by atoms with Gasteiger partial charge in [0.15, 0.2) is 11.9 Å². The first kappa shape index (κ1) is 20.0. The Morgan fingerprint density at radius 1 is 1.03 bits per heavy atom. The second kappa shape index (κ2) is 8.33. The molecule has 0 saturated heterocycles. The maximum Gasteiger partial charge on any atom is 0.152 e. The molecule has 9 heteroatoms. The van der Waals surface area contributed by atoms with E-state index in [0.717, 1.165) is 40.6 Å². The minimum absolute atomic E-state index is 0.283. The van der Waals surface area contributed by atoms with Crippen molar-refractivity contribution < 1.29 is 11.7 Å². The van der Waals surface area contributed by atoms with Gasteiger partial charge < -0.3 is 0 Å². The van der Waals surface area contributed by atoms with Gasteiger partial charge in [-0.05, 0) is 41.5 Å². The highest BCUT2D eigenvalue weighted by Gasteiger charge is 2.17. The molecule has 5 rings (SSSR count). The highest BCUT2D eigenvalue weighted by Crippen LogP contribution is 2.37. The fraction of sp³-hybridized carbons (Fsp3) is 0. The van der Waals surface area contributed by atoms with Crippen LogP contribution >= 0.6 is 35.2 Å². The lowest BCUT2D eigenvalue weighted by molar-refractivity contribution is 0.112. The second-order valence-corrected chi connectivity index (χ2v) is 8.47. The molecule has 0 bridgehead atoms. The van der Waals surface area contributed by atoms with Crippen LogP contribution in [-0.2, 0) is 2.51 Å². The number of aldehydes is 1. The van der Waals surface area contributed by atoms with Gasteiger partial charge in [0.2, 0.25) is 0 Å². The van der Waals surface area contributed by atoms with Gasteiger partial charge in [0.1, 0.15) is 46.6 Å². The van der Waals surface area contributed by atoms with Crippen molar-refractivity contribution in [1.82, 2.24) is 18.9 Å². The molecule has 0 aliphatic heterocycles. The number of fused-ring (bicyclic) bond motifs is 2. The summed E-state index contributed by atoms with van der Waals surface area (Å²) in [5.41, 5.74) is 4.41. The summed E-state index contributed by atoms with van der Waals surface area (Å²) in [6.45, 7) is 0. The van der Waals surface area contributed by atoms with Gasteiger partial charge >= 0.3 is 0 Å². The standard InChI is InChI=1S/C22H12FIN4O2S/c23-20-8-15(7-17-16(3-5-26-21(17)20)14-2-1-4-25-10-14)19-11-28(31-30-24)22-18(19)6-13(12-29)9-27-22/h1-12H. The Morgan fingerprint density at radius 2 is 1.94 bits per heavy atom. The first-order valence-electron chi connectivity index (χ1n) is 9.10. The van der Waals surface area contributed by atoms with Gasteiger partial charge in [0.25, 0.3) is 0 Å². The van der Waals surface area contributed by atoms with Gasteiger partial charge in [-0.3, -0.25) is 18.7 Å². The van der Waals surface area contributed by atoms with Crippen LogP contribution in [0.2, 0.25) is 0 Å². The van der Waals surface area contributed by atoms with E-state index in [1.165, 1.54) is 12.3 Å². The second-order valence-electron chi connectivity index (χ2n) is 6.72. The first-order chi connectivity index (χ1) is 15.2. The van der Waals surface area contributed by atoms with Crippen molar-refractivity contribution >= 4 is 63.5 Å². The van der Waals surface area contributed by atoms with Crippen molar-refractivity contribution in [3.05, 3.63) is 78.8 Å². The lowest BCUT2D eigenvalue weighted by Crippen LogP contribution is -1.90. The molecule has 152 valence electrons. The van der Waals surface area contributed by atoms with E-state index >= 15 is 4.39 Å². The molecule has 0 saturated carbocycles. The molecular formula is C22H12FIN4O2S. The molecule has 4 aromatic heterocycles. The molecule has 0 N–H and O–H groups in total. The monoisotopic (exact) mass is 542 g/mol. The number of benzene rings is 1. The topological polar surface area (TPSA) is 69.9 Å². The zero-order valence-electron chi connectivity index (χ0n) is 15.7. The molecule has 0 spiro atoms. The molecule has 0 atom stereocenters. The summed E-state index contributed by atoms with van der Waals surface area (Å²) < 4.78 is 22.0.